The summed E-state index contributed by atoms with van der Waals surface area (Å²) >= 11 is 0. The summed E-state index contributed by atoms with van der Waals surface area (Å²) < 4.78 is 2.25. The molecular weight excluding hydrogens is 352 g/mol. The maximum Gasteiger partial charge on any atom is 0.318 e. The fourth-order valence-corrected chi connectivity index (χ4v) is 4.24. The van der Waals surface area contributed by atoms with E-state index >= 15 is 0 Å². The van der Waals surface area contributed by atoms with Gasteiger partial charge in [-0.3, -0.25) is 0 Å². The molecule has 1 fully saturated rings. The molecule has 1 aromatic carbocycles. The van der Waals surface area contributed by atoms with Gasteiger partial charge in [-0.15, -0.1) is 10.2 Å². The van der Waals surface area contributed by atoms with Crippen LogP contribution in [0.4, 0.5) is 4.79 Å². The van der Waals surface area contributed by atoms with Crippen molar-refractivity contribution in [2.75, 3.05) is 33.2 Å². The van der Waals surface area contributed by atoms with Crippen molar-refractivity contribution in [3.05, 3.63) is 47.5 Å². The summed E-state index contributed by atoms with van der Waals surface area (Å²) in [4.78, 5) is 17.2. The molecule has 4 rings (SSSR count). The standard InChI is InChI=1S/C21H30N6O/c1-25-14-15-26(18(16-25)17-8-4-2-5-9-17)21(28)22-12-11-20-24-23-19-10-6-3-7-13-27(19)20/h2,4-5,8-9,18H,3,6-7,10-16H2,1H3,(H,22,28)/t18-/m0/s1. The Morgan fingerprint density at radius 3 is 2.82 bits per heavy atom. The number of nitrogens with zero attached hydrogens (tertiary/aromatic N) is 5. The second-order valence-electron chi connectivity index (χ2n) is 7.86. The van der Waals surface area contributed by atoms with Gasteiger partial charge in [-0.2, -0.15) is 0 Å². The number of carbonyl (C=O) groups excluding carboxylic acids is 1. The van der Waals surface area contributed by atoms with Gasteiger partial charge in [0.15, 0.2) is 0 Å². The Kier molecular flexibility index (Phi) is 5.90. The first-order chi connectivity index (χ1) is 13.7. The maximum absolute atomic E-state index is 12.9. The summed E-state index contributed by atoms with van der Waals surface area (Å²) in [6, 6.07) is 10.4. The van der Waals surface area contributed by atoms with Gasteiger partial charge < -0.3 is 19.7 Å². The predicted molar refractivity (Wildman–Crippen MR) is 108 cm³/mol. The molecule has 0 spiro atoms. The third kappa shape index (κ3) is 4.19. The van der Waals surface area contributed by atoms with Crippen molar-refractivity contribution in [1.82, 2.24) is 29.9 Å². The average molecular weight is 383 g/mol. The number of hydrogen-bond acceptors (Lipinski definition) is 4. The van der Waals surface area contributed by atoms with E-state index in [2.05, 4.69) is 44.2 Å². The molecule has 0 saturated carbocycles. The molecule has 0 aliphatic carbocycles. The van der Waals surface area contributed by atoms with Gasteiger partial charge >= 0.3 is 6.03 Å². The SMILES string of the molecule is CN1CCN(C(=O)NCCc2nnc3n2CCCCC3)[C@H](c2ccccc2)C1. The minimum absolute atomic E-state index is 0.0116. The lowest BCUT2D eigenvalue weighted by molar-refractivity contribution is 0.109. The molecule has 1 aromatic heterocycles. The lowest BCUT2D eigenvalue weighted by Gasteiger charge is -2.40. The van der Waals surface area contributed by atoms with Crippen LogP contribution in [-0.2, 0) is 19.4 Å². The Morgan fingerprint density at radius 2 is 1.96 bits per heavy atom. The van der Waals surface area contributed by atoms with E-state index in [1.807, 2.05) is 23.1 Å². The zero-order chi connectivity index (χ0) is 19.3. The van der Waals surface area contributed by atoms with E-state index in [0.717, 1.165) is 50.7 Å². The number of carbonyl (C=O) groups is 1. The molecule has 2 aliphatic heterocycles. The van der Waals surface area contributed by atoms with Crippen LogP contribution in [0.3, 0.4) is 0 Å². The molecule has 0 radical (unpaired) electrons. The van der Waals surface area contributed by atoms with Crippen molar-refractivity contribution in [3.63, 3.8) is 0 Å². The van der Waals surface area contributed by atoms with Gasteiger partial charge in [0.2, 0.25) is 0 Å². The Bertz CT molecular complexity index is 789. The van der Waals surface area contributed by atoms with Gasteiger partial charge in [0.1, 0.15) is 11.6 Å². The summed E-state index contributed by atoms with van der Waals surface area (Å²) in [7, 11) is 2.11. The minimum atomic E-state index is 0.0116. The first-order valence-corrected chi connectivity index (χ1v) is 10.4. The van der Waals surface area contributed by atoms with E-state index in [4.69, 9.17) is 0 Å². The number of likely N-dealkylation sites (N-methyl/N-ethyl adjacent to an activating group) is 1. The van der Waals surface area contributed by atoms with E-state index in [1.165, 1.54) is 24.8 Å². The number of nitrogens with one attached hydrogen (secondary N) is 1. The van der Waals surface area contributed by atoms with Crippen LogP contribution in [0, 0.1) is 0 Å². The first-order valence-electron chi connectivity index (χ1n) is 10.4. The van der Waals surface area contributed by atoms with Gasteiger partial charge in [0, 0.05) is 45.6 Å². The topological polar surface area (TPSA) is 66.3 Å². The Morgan fingerprint density at radius 1 is 1.11 bits per heavy atom. The molecule has 1 N–H and O–H groups in total. The van der Waals surface area contributed by atoms with E-state index in [9.17, 15) is 4.79 Å². The number of aromatic nitrogens is 3. The molecule has 28 heavy (non-hydrogen) atoms. The van der Waals surface area contributed by atoms with Crippen molar-refractivity contribution < 1.29 is 4.79 Å². The van der Waals surface area contributed by atoms with Gasteiger partial charge in [-0.1, -0.05) is 36.8 Å². The van der Waals surface area contributed by atoms with Gasteiger partial charge in [0.25, 0.3) is 0 Å². The summed E-state index contributed by atoms with van der Waals surface area (Å²) in [6.45, 7) is 4.08. The molecule has 0 unspecified atom stereocenters. The second-order valence-corrected chi connectivity index (χ2v) is 7.86. The van der Waals surface area contributed by atoms with Crippen molar-refractivity contribution >= 4 is 6.03 Å². The third-order valence-corrected chi connectivity index (χ3v) is 5.84. The number of amides is 2. The highest BCUT2D eigenvalue weighted by atomic mass is 16.2. The normalized spacial score (nSPS) is 20.5. The molecule has 2 aliphatic rings. The maximum atomic E-state index is 12.9. The molecule has 2 aromatic rings. The summed E-state index contributed by atoms with van der Waals surface area (Å²) in [6.07, 6.45) is 5.37. The average Bonchev–Trinajstić information content (AvgIpc) is 2.95. The highest BCUT2D eigenvalue weighted by Crippen LogP contribution is 2.24. The van der Waals surface area contributed by atoms with Crippen LogP contribution >= 0.6 is 0 Å². The predicted octanol–water partition coefficient (Wildman–Crippen LogP) is 2.25. The Balaban J connectivity index is 1.37. The van der Waals surface area contributed by atoms with E-state index in [-0.39, 0.29) is 12.1 Å². The van der Waals surface area contributed by atoms with Gasteiger partial charge in [-0.25, -0.2) is 4.79 Å². The van der Waals surface area contributed by atoms with Crippen LogP contribution in [0.15, 0.2) is 30.3 Å². The van der Waals surface area contributed by atoms with Crippen molar-refractivity contribution in [2.24, 2.45) is 0 Å². The molecule has 7 nitrogen and oxygen atoms in total. The Hall–Kier alpha value is -2.41. The molecular formula is C21H30N6O. The fraction of sp³-hybridized carbons (Fsp3) is 0.571. The second kappa shape index (κ2) is 8.73. The summed E-state index contributed by atoms with van der Waals surface area (Å²) in [5.41, 5.74) is 1.19. The fourth-order valence-electron chi connectivity index (χ4n) is 4.24. The number of piperazine rings is 1. The largest absolute Gasteiger partial charge is 0.338 e. The third-order valence-electron chi connectivity index (χ3n) is 5.84. The lowest BCUT2D eigenvalue weighted by atomic mass is 10.0. The Labute approximate surface area is 166 Å². The zero-order valence-electron chi connectivity index (χ0n) is 16.7. The molecule has 3 heterocycles. The number of benzene rings is 1. The van der Waals surface area contributed by atoms with Crippen molar-refractivity contribution in [2.45, 2.75) is 44.7 Å². The highest BCUT2D eigenvalue weighted by molar-refractivity contribution is 5.75. The number of rotatable bonds is 4. The van der Waals surface area contributed by atoms with Crippen LogP contribution in [0.1, 0.15) is 42.5 Å². The van der Waals surface area contributed by atoms with E-state index in [1.54, 1.807) is 0 Å². The molecule has 0 bridgehead atoms. The smallest absolute Gasteiger partial charge is 0.318 e. The molecule has 1 atom stereocenters. The molecule has 150 valence electrons. The molecule has 7 heteroatoms. The van der Waals surface area contributed by atoms with Gasteiger partial charge in [-0.05, 0) is 25.5 Å². The molecule has 2 amide bonds. The van der Waals surface area contributed by atoms with Gasteiger partial charge in [0.05, 0.1) is 6.04 Å². The van der Waals surface area contributed by atoms with Crippen LogP contribution in [-0.4, -0.2) is 63.8 Å². The zero-order valence-corrected chi connectivity index (χ0v) is 16.7. The number of urea groups is 1. The summed E-state index contributed by atoms with van der Waals surface area (Å²) in [5, 5.41) is 11.8. The van der Waals surface area contributed by atoms with E-state index in [0.29, 0.717) is 6.54 Å². The van der Waals surface area contributed by atoms with Crippen molar-refractivity contribution in [1.29, 1.82) is 0 Å². The number of aryl methyl sites for hydroxylation is 1. The minimum Gasteiger partial charge on any atom is -0.338 e. The first kappa shape index (κ1) is 18.9. The molecule has 1 saturated heterocycles. The quantitative estimate of drug-likeness (QED) is 0.881. The number of fused-ring (bicyclic) bond motifs is 1. The van der Waals surface area contributed by atoms with Crippen LogP contribution in [0.5, 0.6) is 0 Å². The summed E-state index contributed by atoms with van der Waals surface area (Å²) in [5.74, 6) is 2.09. The van der Waals surface area contributed by atoms with Crippen LogP contribution in [0.2, 0.25) is 0 Å². The number of hydrogen-bond donors (Lipinski definition) is 1. The highest BCUT2D eigenvalue weighted by Gasteiger charge is 2.30. The lowest BCUT2D eigenvalue weighted by Crippen LogP contribution is -2.52. The monoisotopic (exact) mass is 382 g/mol. The van der Waals surface area contributed by atoms with Crippen LogP contribution < -0.4 is 5.32 Å². The van der Waals surface area contributed by atoms with E-state index < -0.39 is 0 Å². The van der Waals surface area contributed by atoms with Crippen molar-refractivity contribution in [3.8, 4) is 0 Å². The van der Waals surface area contributed by atoms with Crippen LogP contribution in [0.25, 0.3) is 0 Å².